The minimum absolute atomic E-state index is 0.0907. The lowest BCUT2D eigenvalue weighted by molar-refractivity contribution is -0.116. The van der Waals surface area contributed by atoms with Gasteiger partial charge < -0.3 is 4.74 Å². The quantitative estimate of drug-likeness (QED) is 0.255. The van der Waals surface area contributed by atoms with E-state index in [1.54, 1.807) is 23.4 Å². The van der Waals surface area contributed by atoms with Crippen LogP contribution in [-0.4, -0.2) is 49.4 Å². The van der Waals surface area contributed by atoms with Crippen molar-refractivity contribution in [2.75, 3.05) is 17.3 Å². The summed E-state index contributed by atoms with van der Waals surface area (Å²) in [7, 11) is 0. The van der Waals surface area contributed by atoms with Crippen molar-refractivity contribution in [3.8, 4) is 5.69 Å². The van der Waals surface area contributed by atoms with Crippen LogP contribution in [0, 0.1) is 6.92 Å². The molecule has 2 aromatic heterocycles. The Morgan fingerprint density at radius 2 is 1.79 bits per heavy atom. The zero-order valence-electron chi connectivity index (χ0n) is 18.6. The predicted molar refractivity (Wildman–Crippen MR) is 130 cm³/mol. The van der Waals surface area contributed by atoms with Crippen LogP contribution in [0.3, 0.4) is 0 Å². The zero-order chi connectivity index (χ0) is 23.9. The lowest BCUT2D eigenvalue weighted by Crippen LogP contribution is -2.32. The first-order valence-electron chi connectivity index (χ1n) is 10.5. The molecule has 0 fully saturated rings. The second kappa shape index (κ2) is 11.0. The molecule has 34 heavy (non-hydrogen) atoms. The number of esters is 1. The Hall–Kier alpha value is -3.57. The number of aromatic nitrogens is 5. The molecule has 174 valence electrons. The summed E-state index contributed by atoms with van der Waals surface area (Å²) in [5, 5.41) is 12.8. The third-order valence-electron chi connectivity index (χ3n) is 4.73. The van der Waals surface area contributed by atoms with E-state index in [4.69, 9.17) is 4.74 Å². The molecular formula is C23H22N6O3S2. The van der Waals surface area contributed by atoms with Crippen LogP contribution in [0.4, 0.5) is 5.13 Å². The lowest BCUT2D eigenvalue weighted by Gasteiger charge is -2.20. The van der Waals surface area contributed by atoms with Gasteiger partial charge >= 0.3 is 5.97 Å². The second-order valence-corrected chi connectivity index (χ2v) is 9.01. The third kappa shape index (κ3) is 5.49. The lowest BCUT2D eigenvalue weighted by atomic mass is 10.2. The number of amides is 1. The Balaban J connectivity index is 1.57. The Kier molecular flexibility index (Phi) is 7.65. The summed E-state index contributed by atoms with van der Waals surface area (Å²) in [6.45, 7) is 4.07. The molecule has 0 N–H and O–H groups in total. The predicted octanol–water partition coefficient (Wildman–Crippen LogP) is 3.93. The third-order valence-corrected chi connectivity index (χ3v) is 6.79. The molecule has 11 heteroatoms. The van der Waals surface area contributed by atoms with E-state index in [0.717, 1.165) is 22.6 Å². The monoisotopic (exact) mass is 494 g/mol. The van der Waals surface area contributed by atoms with E-state index >= 15 is 0 Å². The van der Waals surface area contributed by atoms with Gasteiger partial charge in [-0.15, -0.1) is 5.10 Å². The second-order valence-electron chi connectivity index (χ2n) is 7.09. The first-order valence-corrected chi connectivity index (χ1v) is 12.3. The average molecular weight is 495 g/mol. The number of hydrogen-bond acceptors (Lipinski definition) is 9. The average Bonchev–Trinajstić information content (AvgIpc) is 3.49. The molecule has 4 aromatic rings. The number of thioether (sulfide) groups is 1. The van der Waals surface area contributed by atoms with Crippen LogP contribution < -0.4 is 4.90 Å². The summed E-state index contributed by atoms with van der Waals surface area (Å²) < 4.78 is 6.72. The van der Waals surface area contributed by atoms with Crippen molar-refractivity contribution in [3.05, 3.63) is 76.8 Å². The van der Waals surface area contributed by atoms with Crippen LogP contribution in [-0.2, 0) is 16.1 Å². The molecule has 0 radical (unpaired) electrons. The van der Waals surface area contributed by atoms with E-state index in [0.29, 0.717) is 27.4 Å². The van der Waals surface area contributed by atoms with Gasteiger partial charge in [0.15, 0.2) is 5.13 Å². The number of rotatable bonds is 9. The van der Waals surface area contributed by atoms with Gasteiger partial charge in [0.05, 0.1) is 30.3 Å². The molecular weight excluding hydrogens is 472 g/mol. The van der Waals surface area contributed by atoms with E-state index in [2.05, 4.69) is 20.5 Å². The van der Waals surface area contributed by atoms with Gasteiger partial charge in [-0.2, -0.15) is 4.68 Å². The standard InChI is InChI=1S/C23H22N6O3S2/c1-3-32-21(31)20-16(2)24-22(34-20)28(14-17-10-6-4-7-11-17)19(30)15-33-23-25-26-27-29(23)18-12-8-5-9-13-18/h4-13H,3,14-15H2,1-2H3. The van der Waals surface area contributed by atoms with Gasteiger partial charge in [-0.1, -0.05) is 71.6 Å². The van der Waals surface area contributed by atoms with Gasteiger partial charge in [-0.3, -0.25) is 9.69 Å². The SMILES string of the molecule is CCOC(=O)c1sc(N(Cc2ccccc2)C(=O)CSc2nnnn2-c2ccccc2)nc1C. The number of para-hydroxylation sites is 1. The van der Waals surface area contributed by atoms with Crippen LogP contribution in [0.2, 0.25) is 0 Å². The minimum Gasteiger partial charge on any atom is -0.462 e. The molecule has 2 aromatic carbocycles. The minimum atomic E-state index is -0.438. The fourth-order valence-electron chi connectivity index (χ4n) is 3.12. The first kappa shape index (κ1) is 23.6. The summed E-state index contributed by atoms with van der Waals surface area (Å²) in [6.07, 6.45) is 0. The number of ether oxygens (including phenoxy) is 1. The maximum absolute atomic E-state index is 13.4. The van der Waals surface area contributed by atoms with Gasteiger partial charge in [-0.05, 0) is 42.0 Å². The molecule has 0 unspecified atom stereocenters. The summed E-state index contributed by atoms with van der Waals surface area (Å²) in [4.78, 5) is 32.2. The van der Waals surface area contributed by atoms with Gasteiger partial charge in [0, 0.05) is 0 Å². The van der Waals surface area contributed by atoms with Crippen molar-refractivity contribution in [1.82, 2.24) is 25.2 Å². The summed E-state index contributed by atoms with van der Waals surface area (Å²) >= 11 is 2.39. The van der Waals surface area contributed by atoms with Crippen molar-refractivity contribution in [1.29, 1.82) is 0 Å². The Morgan fingerprint density at radius 3 is 2.50 bits per heavy atom. The summed E-state index contributed by atoms with van der Waals surface area (Å²) in [5.74, 6) is -0.527. The van der Waals surface area contributed by atoms with E-state index < -0.39 is 5.97 Å². The number of tetrazole rings is 1. The number of thiazole rings is 1. The largest absolute Gasteiger partial charge is 0.462 e. The Morgan fingerprint density at radius 1 is 1.09 bits per heavy atom. The van der Waals surface area contributed by atoms with Gasteiger partial charge in [-0.25, -0.2) is 9.78 Å². The fraction of sp³-hybridized carbons (Fsp3) is 0.217. The number of anilines is 1. The highest BCUT2D eigenvalue weighted by Gasteiger charge is 2.25. The highest BCUT2D eigenvalue weighted by Crippen LogP contribution is 2.29. The molecule has 9 nitrogen and oxygen atoms in total. The topological polar surface area (TPSA) is 103 Å². The molecule has 0 aliphatic rings. The highest BCUT2D eigenvalue weighted by molar-refractivity contribution is 7.99. The van der Waals surface area contributed by atoms with Crippen LogP contribution in [0.15, 0.2) is 65.8 Å². The molecule has 0 aliphatic heterocycles. The van der Waals surface area contributed by atoms with Crippen LogP contribution in [0.5, 0.6) is 0 Å². The van der Waals surface area contributed by atoms with Gasteiger partial charge in [0.1, 0.15) is 4.88 Å². The fourth-order valence-corrected chi connectivity index (χ4v) is 4.86. The van der Waals surface area contributed by atoms with E-state index in [-0.39, 0.29) is 18.3 Å². The van der Waals surface area contributed by atoms with Crippen molar-refractivity contribution < 1.29 is 14.3 Å². The van der Waals surface area contributed by atoms with Gasteiger partial charge in [0.2, 0.25) is 11.1 Å². The van der Waals surface area contributed by atoms with Crippen molar-refractivity contribution >= 4 is 40.1 Å². The highest BCUT2D eigenvalue weighted by atomic mass is 32.2. The van der Waals surface area contributed by atoms with Crippen LogP contribution in [0.1, 0.15) is 27.9 Å². The van der Waals surface area contributed by atoms with E-state index in [1.165, 1.54) is 11.8 Å². The number of carbonyl (C=O) groups excluding carboxylic acids is 2. The van der Waals surface area contributed by atoms with Crippen LogP contribution in [0.25, 0.3) is 5.69 Å². The summed E-state index contributed by atoms with van der Waals surface area (Å²) in [5.41, 5.74) is 2.28. The molecule has 0 saturated heterocycles. The maximum Gasteiger partial charge on any atom is 0.350 e. The maximum atomic E-state index is 13.4. The molecule has 2 heterocycles. The van der Waals surface area contributed by atoms with Crippen molar-refractivity contribution in [2.24, 2.45) is 0 Å². The van der Waals surface area contributed by atoms with Crippen molar-refractivity contribution in [3.63, 3.8) is 0 Å². The molecule has 4 rings (SSSR count). The number of carbonyl (C=O) groups is 2. The molecule has 0 bridgehead atoms. The normalized spacial score (nSPS) is 10.8. The number of aryl methyl sites for hydroxylation is 1. The number of hydrogen-bond donors (Lipinski definition) is 0. The van der Waals surface area contributed by atoms with Gasteiger partial charge in [0.25, 0.3) is 0 Å². The van der Waals surface area contributed by atoms with E-state index in [9.17, 15) is 9.59 Å². The number of benzene rings is 2. The smallest absolute Gasteiger partial charge is 0.350 e. The summed E-state index contributed by atoms with van der Waals surface area (Å²) in [6, 6.07) is 19.1. The van der Waals surface area contributed by atoms with E-state index in [1.807, 2.05) is 60.7 Å². The molecule has 0 spiro atoms. The molecule has 0 aliphatic carbocycles. The Bertz CT molecular complexity index is 1260. The molecule has 1 amide bonds. The Labute approximate surface area is 204 Å². The molecule has 0 atom stereocenters. The van der Waals surface area contributed by atoms with Crippen molar-refractivity contribution in [2.45, 2.75) is 25.5 Å². The van der Waals surface area contributed by atoms with Crippen LogP contribution >= 0.6 is 23.1 Å². The molecule has 0 saturated carbocycles. The first-order chi connectivity index (χ1) is 16.6. The number of nitrogens with zero attached hydrogens (tertiary/aromatic N) is 6. The zero-order valence-corrected chi connectivity index (χ0v) is 20.3.